The minimum absolute atomic E-state index is 0.0381. The van der Waals surface area contributed by atoms with E-state index in [4.69, 9.17) is 0 Å². The maximum atomic E-state index is 13.4. The Morgan fingerprint density at radius 2 is 2.36 bits per heavy atom. The minimum atomic E-state index is -0.219. The summed E-state index contributed by atoms with van der Waals surface area (Å²) in [7, 11) is 1.84. The summed E-state index contributed by atoms with van der Waals surface area (Å²) in [4.78, 5) is 4.06. The highest BCUT2D eigenvalue weighted by Gasteiger charge is 2.13. The van der Waals surface area contributed by atoms with Gasteiger partial charge in [0.25, 0.3) is 0 Å². The molecule has 0 saturated carbocycles. The summed E-state index contributed by atoms with van der Waals surface area (Å²) in [5.74, 6) is -0.219. The summed E-state index contributed by atoms with van der Waals surface area (Å²) in [5.41, 5.74) is 0.531. The van der Waals surface area contributed by atoms with E-state index < -0.39 is 0 Å². The Balaban J connectivity index is 2.73. The van der Waals surface area contributed by atoms with Crippen LogP contribution in [0.4, 0.5) is 4.39 Å². The van der Waals surface area contributed by atoms with E-state index in [1.165, 1.54) is 6.07 Å². The molecule has 0 amide bonds. The first-order valence-electron chi connectivity index (χ1n) is 5.07. The standard InChI is InChI=1S/C11H17FN2/c1-3-4-7-10(13-2)11-9(12)6-5-8-14-11/h5-6,8,10,13H,3-4,7H2,1-2H3. The fourth-order valence-electron chi connectivity index (χ4n) is 1.48. The predicted molar refractivity (Wildman–Crippen MR) is 55.5 cm³/mol. The van der Waals surface area contributed by atoms with Crippen molar-refractivity contribution in [1.82, 2.24) is 10.3 Å². The number of pyridine rings is 1. The lowest BCUT2D eigenvalue weighted by molar-refractivity contribution is 0.477. The smallest absolute Gasteiger partial charge is 0.146 e. The zero-order valence-electron chi connectivity index (χ0n) is 8.76. The number of nitrogens with zero attached hydrogens (tertiary/aromatic N) is 1. The molecule has 14 heavy (non-hydrogen) atoms. The minimum Gasteiger partial charge on any atom is -0.312 e. The molecular weight excluding hydrogens is 179 g/mol. The largest absolute Gasteiger partial charge is 0.312 e. The van der Waals surface area contributed by atoms with Crippen LogP contribution in [0.1, 0.15) is 37.9 Å². The molecule has 1 N–H and O–H groups in total. The number of halogens is 1. The highest BCUT2D eigenvalue weighted by atomic mass is 19.1. The van der Waals surface area contributed by atoms with Gasteiger partial charge in [-0.1, -0.05) is 19.8 Å². The Labute approximate surface area is 84.6 Å². The quantitative estimate of drug-likeness (QED) is 0.783. The monoisotopic (exact) mass is 196 g/mol. The molecule has 0 aliphatic heterocycles. The topological polar surface area (TPSA) is 24.9 Å². The van der Waals surface area contributed by atoms with Crippen molar-refractivity contribution >= 4 is 0 Å². The van der Waals surface area contributed by atoms with E-state index in [0.717, 1.165) is 19.3 Å². The van der Waals surface area contributed by atoms with Crippen molar-refractivity contribution in [2.24, 2.45) is 0 Å². The van der Waals surface area contributed by atoms with Crippen molar-refractivity contribution < 1.29 is 4.39 Å². The van der Waals surface area contributed by atoms with Gasteiger partial charge in [0.15, 0.2) is 0 Å². The van der Waals surface area contributed by atoms with Crippen LogP contribution < -0.4 is 5.32 Å². The summed E-state index contributed by atoms with van der Waals surface area (Å²) in [5, 5.41) is 3.09. The van der Waals surface area contributed by atoms with Crippen LogP contribution in [0.25, 0.3) is 0 Å². The van der Waals surface area contributed by atoms with Crippen molar-refractivity contribution in [3.8, 4) is 0 Å². The van der Waals surface area contributed by atoms with E-state index in [-0.39, 0.29) is 11.9 Å². The molecule has 1 heterocycles. The maximum Gasteiger partial charge on any atom is 0.146 e. The van der Waals surface area contributed by atoms with E-state index in [9.17, 15) is 4.39 Å². The molecule has 78 valence electrons. The molecule has 1 aromatic rings. The van der Waals surface area contributed by atoms with E-state index in [2.05, 4.69) is 17.2 Å². The lowest BCUT2D eigenvalue weighted by Gasteiger charge is -2.15. The maximum absolute atomic E-state index is 13.4. The Morgan fingerprint density at radius 1 is 1.57 bits per heavy atom. The first-order chi connectivity index (χ1) is 6.79. The number of rotatable bonds is 5. The third-order valence-electron chi connectivity index (χ3n) is 2.31. The lowest BCUT2D eigenvalue weighted by atomic mass is 10.1. The highest BCUT2D eigenvalue weighted by Crippen LogP contribution is 2.19. The molecule has 2 nitrogen and oxygen atoms in total. The summed E-state index contributed by atoms with van der Waals surface area (Å²) < 4.78 is 13.4. The lowest BCUT2D eigenvalue weighted by Crippen LogP contribution is -2.18. The van der Waals surface area contributed by atoms with Gasteiger partial charge in [-0.05, 0) is 25.6 Å². The second kappa shape index (κ2) is 5.70. The number of aromatic nitrogens is 1. The van der Waals surface area contributed by atoms with Crippen LogP contribution in [0.2, 0.25) is 0 Å². The summed E-state index contributed by atoms with van der Waals surface area (Å²) in [6.45, 7) is 2.13. The van der Waals surface area contributed by atoms with Gasteiger partial charge >= 0.3 is 0 Å². The van der Waals surface area contributed by atoms with Gasteiger partial charge in [-0.3, -0.25) is 4.98 Å². The third kappa shape index (κ3) is 2.77. The summed E-state index contributed by atoms with van der Waals surface area (Å²) in [6, 6.07) is 3.11. The molecule has 1 atom stereocenters. The average Bonchev–Trinajstić information content (AvgIpc) is 2.21. The average molecular weight is 196 g/mol. The van der Waals surface area contributed by atoms with Crippen molar-refractivity contribution in [3.63, 3.8) is 0 Å². The molecule has 0 fully saturated rings. The second-order valence-corrected chi connectivity index (χ2v) is 3.35. The molecule has 3 heteroatoms. The third-order valence-corrected chi connectivity index (χ3v) is 2.31. The molecule has 0 saturated heterocycles. The second-order valence-electron chi connectivity index (χ2n) is 3.35. The molecule has 1 rings (SSSR count). The predicted octanol–water partition coefficient (Wildman–Crippen LogP) is 2.67. The zero-order chi connectivity index (χ0) is 10.4. The molecule has 0 bridgehead atoms. The number of hydrogen-bond acceptors (Lipinski definition) is 2. The van der Waals surface area contributed by atoms with E-state index in [0.29, 0.717) is 5.69 Å². The van der Waals surface area contributed by atoms with Gasteiger partial charge in [0, 0.05) is 6.20 Å². The van der Waals surface area contributed by atoms with Crippen molar-refractivity contribution in [2.75, 3.05) is 7.05 Å². The highest BCUT2D eigenvalue weighted by molar-refractivity contribution is 5.11. The molecule has 0 aliphatic rings. The summed E-state index contributed by atoms with van der Waals surface area (Å²) >= 11 is 0. The Bertz CT molecular complexity index is 276. The van der Waals surface area contributed by atoms with Crippen LogP contribution in [-0.4, -0.2) is 12.0 Å². The molecule has 0 aromatic carbocycles. The Hall–Kier alpha value is -0.960. The van der Waals surface area contributed by atoms with Crippen LogP contribution in [-0.2, 0) is 0 Å². The van der Waals surface area contributed by atoms with Crippen LogP contribution >= 0.6 is 0 Å². The van der Waals surface area contributed by atoms with Crippen LogP contribution in [0.5, 0.6) is 0 Å². The molecule has 0 aliphatic carbocycles. The van der Waals surface area contributed by atoms with Gasteiger partial charge in [-0.25, -0.2) is 4.39 Å². The first-order valence-corrected chi connectivity index (χ1v) is 5.07. The van der Waals surface area contributed by atoms with Crippen LogP contribution in [0, 0.1) is 5.82 Å². The van der Waals surface area contributed by atoms with Crippen molar-refractivity contribution in [2.45, 2.75) is 32.2 Å². The van der Waals surface area contributed by atoms with Crippen molar-refractivity contribution in [3.05, 3.63) is 29.8 Å². The van der Waals surface area contributed by atoms with Gasteiger partial charge < -0.3 is 5.32 Å². The summed E-state index contributed by atoms with van der Waals surface area (Å²) in [6.07, 6.45) is 4.77. The molecule has 0 spiro atoms. The van der Waals surface area contributed by atoms with Gasteiger partial charge in [0.2, 0.25) is 0 Å². The van der Waals surface area contributed by atoms with E-state index in [1.807, 2.05) is 7.05 Å². The fourth-order valence-corrected chi connectivity index (χ4v) is 1.48. The van der Waals surface area contributed by atoms with Crippen LogP contribution in [0.3, 0.4) is 0 Å². The van der Waals surface area contributed by atoms with Crippen LogP contribution in [0.15, 0.2) is 18.3 Å². The fraction of sp³-hybridized carbons (Fsp3) is 0.545. The Kier molecular flexibility index (Phi) is 4.53. The molecular formula is C11H17FN2. The van der Waals surface area contributed by atoms with Gasteiger partial charge in [-0.2, -0.15) is 0 Å². The van der Waals surface area contributed by atoms with E-state index >= 15 is 0 Å². The normalized spacial score (nSPS) is 12.8. The van der Waals surface area contributed by atoms with Gasteiger partial charge in [0.05, 0.1) is 11.7 Å². The zero-order valence-corrected chi connectivity index (χ0v) is 8.76. The number of unbranched alkanes of at least 4 members (excludes halogenated alkanes) is 1. The van der Waals surface area contributed by atoms with Gasteiger partial charge in [-0.15, -0.1) is 0 Å². The molecule has 1 aromatic heterocycles. The molecule has 0 radical (unpaired) electrons. The number of nitrogens with one attached hydrogen (secondary N) is 1. The van der Waals surface area contributed by atoms with Crippen molar-refractivity contribution in [1.29, 1.82) is 0 Å². The molecule has 1 unspecified atom stereocenters. The van der Waals surface area contributed by atoms with E-state index in [1.54, 1.807) is 12.3 Å². The number of hydrogen-bond donors (Lipinski definition) is 1. The van der Waals surface area contributed by atoms with Gasteiger partial charge in [0.1, 0.15) is 5.82 Å². The SMILES string of the molecule is CCCCC(NC)c1ncccc1F. The first kappa shape index (κ1) is 11.1. The Morgan fingerprint density at radius 3 is 2.93 bits per heavy atom.